The second kappa shape index (κ2) is 4.18. The molecule has 1 aliphatic carbocycles. The van der Waals surface area contributed by atoms with E-state index in [0.717, 1.165) is 0 Å². The summed E-state index contributed by atoms with van der Waals surface area (Å²) in [4.78, 5) is 0. The summed E-state index contributed by atoms with van der Waals surface area (Å²) in [5, 5.41) is 10.1. The molecule has 1 aliphatic rings. The smallest absolute Gasteiger partial charge is 0.126 e. The van der Waals surface area contributed by atoms with Gasteiger partial charge in [-0.25, -0.2) is 4.39 Å². The first kappa shape index (κ1) is 12.2. The predicted octanol–water partition coefficient (Wildman–Crippen LogP) is 2.72. The van der Waals surface area contributed by atoms with Crippen LogP contribution in [0.1, 0.15) is 37.1 Å². The van der Waals surface area contributed by atoms with Gasteiger partial charge in [-0.05, 0) is 31.9 Å². The van der Waals surface area contributed by atoms with Gasteiger partial charge in [-0.3, -0.25) is 0 Å². The quantitative estimate of drug-likeness (QED) is 0.879. The molecule has 2 rings (SSSR count). The number of methoxy groups -OCH3 is 2. The van der Waals surface area contributed by atoms with E-state index in [1.807, 2.05) is 0 Å². The number of ether oxygens (including phenoxy) is 2. The first-order valence-electron chi connectivity index (χ1n) is 5.64. The Morgan fingerprint density at radius 1 is 1.24 bits per heavy atom. The van der Waals surface area contributed by atoms with Crippen LogP contribution in [-0.2, 0) is 5.60 Å². The molecule has 0 saturated heterocycles. The highest BCUT2D eigenvalue weighted by molar-refractivity contribution is 5.51. The molecule has 3 nitrogen and oxygen atoms in total. The third-order valence-corrected chi connectivity index (χ3v) is 3.21. The number of rotatable bonds is 4. The van der Waals surface area contributed by atoms with Gasteiger partial charge in [-0.1, -0.05) is 0 Å². The molecule has 0 spiro atoms. The van der Waals surface area contributed by atoms with Crippen LogP contribution in [0.5, 0.6) is 11.5 Å². The summed E-state index contributed by atoms with van der Waals surface area (Å²) in [6.45, 7) is 1.45. The summed E-state index contributed by atoms with van der Waals surface area (Å²) < 4.78 is 23.8. The molecule has 94 valence electrons. The zero-order valence-electron chi connectivity index (χ0n) is 10.3. The van der Waals surface area contributed by atoms with Gasteiger partial charge in [0.25, 0.3) is 0 Å². The largest absolute Gasteiger partial charge is 0.496 e. The number of alkyl halides is 1. The minimum Gasteiger partial charge on any atom is -0.496 e. The van der Waals surface area contributed by atoms with Crippen LogP contribution in [0.3, 0.4) is 0 Å². The van der Waals surface area contributed by atoms with Gasteiger partial charge in [0.15, 0.2) is 0 Å². The topological polar surface area (TPSA) is 38.7 Å². The highest BCUT2D eigenvalue weighted by Gasteiger charge is 2.44. The number of halogens is 1. The van der Waals surface area contributed by atoms with Crippen molar-refractivity contribution in [1.82, 2.24) is 0 Å². The Labute approximate surface area is 100 Å². The number of benzene rings is 1. The number of aliphatic hydroxyl groups is 1. The SMILES string of the molecule is COc1cc(C2(O)CC2)c(OC)cc1C(C)F. The second-order valence-electron chi connectivity index (χ2n) is 4.44. The fourth-order valence-electron chi connectivity index (χ4n) is 1.98. The van der Waals surface area contributed by atoms with E-state index >= 15 is 0 Å². The first-order chi connectivity index (χ1) is 8.01. The molecule has 1 N–H and O–H groups in total. The van der Waals surface area contributed by atoms with E-state index in [1.165, 1.54) is 21.1 Å². The van der Waals surface area contributed by atoms with Crippen molar-refractivity contribution >= 4 is 0 Å². The molecule has 0 aliphatic heterocycles. The molecule has 4 heteroatoms. The third-order valence-electron chi connectivity index (χ3n) is 3.21. The van der Waals surface area contributed by atoms with Gasteiger partial charge >= 0.3 is 0 Å². The van der Waals surface area contributed by atoms with Crippen molar-refractivity contribution in [3.05, 3.63) is 23.3 Å². The van der Waals surface area contributed by atoms with E-state index in [1.54, 1.807) is 12.1 Å². The van der Waals surface area contributed by atoms with Crippen LogP contribution in [0, 0.1) is 0 Å². The minimum atomic E-state index is -1.14. The van der Waals surface area contributed by atoms with Crippen molar-refractivity contribution in [2.75, 3.05) is 14.2 Å². The molecular weight excluding hydrogens is 223 g/mol. The fraction of sp³-hybridized carbons (Fsp3) is 0.538. The summed E-state index contributed by atoms with van der Waals surface area (Å²) in [7, 11) is 3.01. The zero-order valence-corrected chi connectivity index (χ0v) is 10.3. The Balaban J connectivity index is 2.53. The van der Waals surface area contributed by atoms with Crippen molar-refractivity contribution in [2.45, 2.75) is 31.5 Å². The normalized spacial score (nSPS) is 18.6. The van der Waals surface area contributed by atoms with Gasteiger partial charge in [0.2, 0.25) is 0 Å². The lowest BCUT2D eigenvalue weighted by atomic mass is 10.0. The molecule has 0 heterocycles. The minimum absolute atomic E-state index is 0.442. The van der Waals surface area contributed by atoms with E-state index in [2.05, 4.69) is 0 Å². The van der Waals surface area contributed by atoms with Crippen LogP contribution in [-0.4, -0.2) is 19.3 Å². The van der Waals surface area contributed by atoms with Gasteiger partial charge in [-0.15, -0.1) is 0 Å². The lowest BCUT2D eigenvalue weighted by molar-refractivity contribution is 0.147. The van der Waals surface area contributed by atoms with Crippen LogP contribution < -0.4 is 9.47 Å². The van der Waals surface area contributed by atoms with Crippen molar-refractivity contribution < 1.29 is 19.0 Å². The van der Waals surface area contributed by atoms with Crippen LogP contribution in [0.25, 0.3) is 0 Å². The fourth-order valence-corrected chi connectivity index (χ4v) is 1.98. The summed E-state index contributed by atoms with van der Waals surface area (Å²) in [5.74, 6) is 0.974. The Bertz CT molecular complexity index is 425. The van der Waals surface area contributed by atoms with Crippen molar-refractivity contribution in [2.24, 2.45) is 0 Å². The molecular formula is C13H17FO3. The molecule has 1 fully saturated rings. The van der Waals surface area contributed by atoms with Crippen LogP contribution in [0.15, 0.2) is 12.1 Å². The van der Waals surface area contributed by atoms with Gasteiger partial charge in [-0.2, -0.15) is 0 Å². The number of hydrogen-bond acceptors (Lipinski definition) is 3. The summed E-state index contributed by atoms with van der Waals surface area (Å²) in [5.41, 5.74) is 0.301. The molecule has 0 amide bonds. The maximum absolute atomic E-state index is 13.4. The van der Waals surface area contributed by atoms with Crippen molar-refractivity contribution in [1.29, 1.82) is 0 Å². The highest BCUT2D eigenvalue weighted by atomic mass is 19.1. The van der Waals surface area contributed by atoms with Crippen molar-refractivity contribution in [3.8, 4) is 11.5 Å². The lowest BCUT2D eigenvalue weighted by Gasteiger charge is -2.18. The Morgan fingerprint density at radius 2 is 1.82 bits per heavy atom. The molecule has 1 atom stereocenters. The Morgan fingerprint density at radius 3 is 2.24 bits per heavy atom. The molecule has 0 radical (unpaired) electrons. The monoisotopic (exact) mass is 240 g/mol. The Kier molecular flexibility index (Phi) is 3.00. The lowest BCUT2D eigenvalue weighted by Crippen LogP contribution is -2.08. The maximum Gasteiger partial charge on any atom is 0.126 e. The van der Waals surface area contributed by atoms with E-state index in [9.17, 15) is 9.50 Å². The maximum atomic E-state index is 13.4. The van der Waals surface area contributed by atoms with Gasteiger partial charge < -0.3 is 14.6 Å². The van der Waals surface area contributed by atoms with E-state index in [-0.39, 0.29) is 0 Å². The highest BCUT2D eigenvalue weighted by Crippen LogP contribution is 2.50. The summed E-state index contributed by atoms with van der Waals surface area (Å²) >= 11 is 0. The Hall–Kier alpha value is -1.29. The van der Waals surface area contributed by atoms with Gasteiger partial charge in [0.05, 0.1) is 19.8 Å². The van der Waals surface area contributed by atoms with E-state index in [4.69, 9.17) is 9.47 Å². The third kappa shape index (κ3) is 2.09. The van der Waals surface area contributed by atoms with Crippen LogP contribution in [0.2, 0.25) is 0 Å². The molecule has 1 aromatic rings. The molecule has 1 saturated carbocycles. The molecule has 0 aromatic heterocycles. The first-order valence-corrected chi connectivity index (χ1v) is 5.64. The van der Waals surface area contributed by atoms with E-state index in [0.29, 0.717) is 35.5 Å². The predicted molar refractivity (Wildman–Crippen MR) is 62.2 cm³/mol. The van der Waals surface area contributed by atoms with Crippen LogP contribution >= 0.6 is 0 Å². The van der Waals surface area contributed by atoms with Gasteiger partial charge in [0.1, 0.15) is 17.7 Å². The molecule has 1 aromatic carbocycles. The molecule has 1 unspecified atom stereocenters. The average molecular weight is 240 g/mol. The van der Waals surface area contributed by atoms with Gasteiger partial charge in [0, 0.05) is 11.1 Å². The van der Waals surface area contributed by atoms with Crippen molar-refractivity contribution in [3.63, 3.8) is 0 Å². The zero-order chi connectivity index (χ0) is 12.6. The summed E-state index contributed by atoms with van der Waals surface area (Å²) in [6, 6.07) is 3.28. The average Bonchev–Trinajstić information content (AvgIpc) is 3.06. The summed E-state index contributed by atoms with van der Waals surface area (Å²) in [6.07, 6.45) is 0.274. The van der Waals surface area contributed by atoms with Crippen LogP contribution in [0.4, 0.5) is 4.39 Å². The molecule has 17 heavy (non-hydrogen) atoms. The van der Waals surface area contributed by atoms with E-state index < -0.39 is 11.8 Å². The number of hydrogen-bond donors (Lipinski definition) is 1. The second-order valence-corrected chi connectivity index (χ2v) is 4.44. The standard InChI is InChI=1S/C13H17FO3/c1-8(14)9-6-12(17-3)10(7-11(9)16-2)13(15)4-5-13/h6-8,15H,4-5H2,1-3H3. The molecule has 0 bridgehead atoms.